The van der Waals surface area contributed by atoms with E-state index < -0.39 is 17.9 Å². The topological polar surface area (TPSA) is 116 Å². The highest BCUT2D eigenvalue weighted by Crippen LogP contribution is 2.37. The Morgan fingerprint density at radius 3 is 2.71 bits per heavy atom. The van der Waals surface area contributed by atoms with E-state index in [9.17, 15) is 9.59 Å². The van der Waals surface area contributed by atoms with Crippen LogP contribution in [0.4, 0.5) is 5.69 Å². The number of carbonyl (C=O) groups excluding carboxylic acids is 2. The highest BCUT2D eigenvalue weighted by molar-refractivity contribution is 6.31. The Morgan fingerprint density at radius 2 is 1.97 bits per heavy atom. The van der Waals surface area contributed by atoms with E-state index in [2.05, 4.69) is 15.6 Å². The molecule has 11 heteroatoms. The van der Waals surface area contributed by atoms with E-state index in [1.807, 2.05) is 18.2 Å². The number of fused-ring (bicyclic) bond motifs is 1. The van der Waals surface area contributed by atoms with Gasteiger partial charge in [0.25, 0.3) is 5.91 Å². The van der Waals surface area contributed by atoms with E-state index in [1.54, 1.807) is 55.5 Å². The van der Waals surface area contributed by atoms with Crippen LogP contribution in [0.25, 0.3) is 11.0 Å². The third kappa shape index (κ3) is 5.12. The molecular weight excluding hydrogens is 510 g/mol. The van der Waals surface area contributed by atoms with Crippen molar-refractivity contribution in [3.8, 4) is 5.75 Å². The minimum atomic E-state index is -1.20. The molecule has 0 spiro atoms. The van der Waals surface area contributed by atoms with Crippen molar-refractivity contribution in [2.24, 2.45) is 0 Å². The Bertz CT molecular complexity index is 1580. The maximum atomic E-state index is 14.1. The van der Waals surface area contributed by atoms with Crippen LogP contribution in [-0.2, 0) is 22.7 Å². The molecule has 0 saturated carbocycles. The lowest BCUT2D eigenvalue weighted by molar-refractivity contribution is -0.127. The first kappa shape index (κ1) is 25.1. The van der Waals surface area contributed by atoms with Gasteiger partial charge in [0.2, 0.25) is 5.91 Å². The number of methoxy groups -OCH3 is 1. The van der Waals surface area contributed by atoms with Gasteiger partial charge in [-0.1, -0.05) is 28.9 Å². The molecule has 2 amide bonds. The molecule has 2 aromatic carbocycles. The Hall–Kier alpha value is -4.57. The van der Waals surface area contributed by atoms with Crippen LogP contribution < -0.4 is 15.0 Å². The lowest BCUT2D eigenvalue weighted by atomic mass is 10.1. The van der Waals surface area contributed by atoms with Gasteiger partial charge in [-0.25, -0.2) is 4.68 Å². The number of rotatable bonds is 9. The van der Waals surface area contributed by atoms with Crippen LogP contribution in [0.1, 0.15) is 23.3 Å². The van der Waals surface area contributed by atoms with Crippen LogP contribution in [0.2, 0.25) is 5.02 Å². The zero-order valence-corrected chi connectivity index (χ0v) is 21.4. The molecule has 38 heavy (non-hydrogen) atoms. The number of anilines is 1. The first-order valence-corrected chi connectivity index (χ1v) is 12.1. The van der Waals surface area contributed by atoms with Crippen molar-refractivity contribution >= 4 is 40.1 Å². The fraction of sp³-hybridized carbons (Fsp3) is 0.185. The van der Waals surface area contributed by atoms with Gasteiger partial charge >= 0.3 is 0 Å². The summed E-state index contributed by atoms with van der Waals surface area (Å²) in [5.74, 6) is 0.788. The van der Waals surface area contributed by atoms with Gasteiger partial charge < -0.3 is 18.9 Å². The average Bonchev–Trinajstić information content (AvgIpc) is 3.68. The summed E-state index contributed by atoms with van der Waals surface area (Å²) in [5, 5.41) is 11.5. The summed E-state index contributed by atoms with van der Waals surface area (Å²) in [7, 11) is 1.48. The molecular formula is C27H24ClN5O5. The summed E-state index contributed by atoms with van der Waals surface area (Å²) < 4.78 is 18.3. The maximum Gasteiger partial charge on any atom is 0.251 e. The predicted octanol–water partition coefficient (Wildman–Crippen LogP) is 4.68. The first-order chi connectivity index (χ1) is 18.4. The quantitative estimate of drug-likeness (QED) is 0.292. The summed E-state index contributed by atoms with van der Waals surface area (Å²) >= 11 is 6.35. The van der Waals surface area contributed by atoms with E-state index in [0.717, 1.165) is 0 Å². The largest absolute Gasteiger partial charge is 0.495 e. The summed E-state index contributed by atoms with van der Waals surface area (Å²) in [6.45, 7) is 1.66. The Labute approximate surface area is 222 Å². The molecule has 1 N–H and O–H groups in total. The second-order valence-corrected chi connectivity index (χ2v) is 8.90. The number of benzene rings is 2. The van der Waals surface area contributed by atoms with Crippen molar-refractivity contribution < 1.29 is 23.2 Å². The lowest BCUT2D eigenvalue weighted by Gasteiger charge is -2.31. The molecule has 5 aromatic rings. The van der Waals surface area contributed by atoms with E-state index in [0.29, 0.717) is 39.0 Å². The van der Waals surface area contributed by atoms with Gasteiger partial charge in [0.1, 0.15) is 35.1 Å². The highest BCUT2D eigenvalue weighted by Gasteiger charge is 2.37. The minimum Gasteiger partial charge on any atom is -0.495 e. The molecule has 3 heterocycles. The van der Waals surface area contributed by atoms with E-state index in [1.165, 1.54) is 23.0 Å². The smallest absolute Gasteiger partial charge is 0.251 e. The Morgan fingerprint density at radius 1 is 1.13 bits per heavy atom. The third-order valence-electron chi connectivity index (χ3n) is 5.93. The molecule has 0 aliphatic rings. The van der Waals surface area contributed by atoms with Crippen molar-refractivity contribution in [2.75, 3.05) is 12.0 Å². The van der Waals surface area contributed by atoms with E-state index >= 15 is 0 Å². The van der Waals surface area contributed by atoms with E-state index in [4.69, 9.17) is 25.2 Å². The average molecular weight is 534 g/mol. The second-order valence-electron chi connectivity index (χ2n) is 8.46. The van der Waals surface area contributed by atoms with Gasteiger partial charge in [0.05, 0.1) is 31.1 Å². The number of hydrogen-bond acceptors (Lipinski definition) is 7. The molecule has 1 atom stereocenters. The number of amides is 2. The lowest BCUT2D eigenvalue weighted by Crippen LogP contribution is -2.45. The third-order valence-corrected chi connectivity index (χ3v) is 6.16. The maximum absolute atomic E-state index is 14.1. The molecule has 3 aromatic heterocycles. The van der Waals surface area contributed by atoms with Gasteiger partial charge in [-0.15, -0.1) is 5.10 Å². The van der Waals surface area contributed by atoms with Gasteiger partial charge in [-0.05, 0) is 61.5 Å². The predicted molar refractivity (Wildman–Crippen MR) is 140 cm³/mol. The van der Waals surface area contributed by atoms with Crippen molar-refractivity contribution in [3.63, 3.8) is 0 Å². The number of ether oxygens (including phenoxy) is 1. The Kier molecular flexibility index (Phi) is 7.14. The normalized spacial score (nSPS) is 11.9. The number of para-hydroxylation sites is 1. The summed E-state index contributed by atoms with van der Waals surface area (Å²) in [6.07, 6.45) is 1.52. The molecule has 0 radical (unpaired) electrons. The fourth-order valence-electron chi connectivity index (χ4n) is 4.17. The number of carbonyl (C=O) groups is 2. The fourth-order valence-corrected chi connectivity index (χ4v) is 4.33. The molecule has 0 aliphatic carbocycles. The molecule has 0 aliphatic heterocycles. The Balaban J connectivity index is 1.59. The highest BCUT2D eigenvalue weighted by atomic mass is 35.5. The molecule has 194 valence electrons. The van der Waals surface area contributed by atoms with Gasteiger partial charge in [-0.3, -0.25) is 14.5 Å². The number of halogens is 1. The summed E-state index contributed by atoms with van der Waals surface area (Å²) in [6, 6.07) is 17.8. The van der Waals surface area contributed by atoms with Crippen molar-refractivity contribution in [1.82, 2.24) is 20.3 Å². The van der Waals surface area contributed by atoms with Crippen LogP contribution in [0.3, 0.4) is 0 Å². The van der Waals surface area contributed by atoms with Gasteiger partial charge in [0.15, 0.2) is 6.04 Å². The van der Waals surface area contributed by atoms with Crippen LogP contribution in [-0.4, -0.2) is 33.9 Å². The first-order valence-electron chi connectivity index (χ1n) is 11.7. The van der Waals surface area contributed by atoms with Crippen molar-refractivity contribution in [2.45, 2.75) is 26.1 Å². The van der Waals surface area contributed by atoms with Crippen LogP contribution in [0.15, 0.2) is 81.8 Å². The summed E-state index contributed by atoms with van der Waals surface area (Å²) in [5.41, 5.74) is 1.61. The number of hydrogen-bond donors (Lipinski definition) is 1. The van der Waals surface area contributed by atoms with Crippen molar-refractivity contribution in [3.05, 3.63) is 95.3 Å². The molecule has 0 unspecified atom stereocenters. The standard InChI is InChI=1S/C27H24ClN5O5/c1-17-9-11-24(38-17)26(27(35)29-15-19-6-5-13-37-19)33(22-14-18(28)10-12-23(22)36-2)25(34)16-32-21-8-4-3-7-20(21)30-31-32/h3-14,26H,15-16H2,1-2H3,(H,29,35)/t26-/m0/s1. The van der Waals surface area contributed by atoms with Gasteiger partial charge in [0, 0.05) is 5.02 Å². The number of nitrogens with one attached hydrogen (secondary N) is 1. The zero-order chi connectivity index (χ0) is 26.6. The number of furan rings is 2. The number of nitrogens with zero attached hydrogens (tertiary/aromatic N) is 4. The van der Waals surface area contributed by atoms with E-state index in [-0.39, 0.29) is 18.8 Å². The zero-order valence-electron chi connectivity index (χ0n) is 20.6. The molecule has 5 rings (SSSR count). The van der Waals surface area contributed by atoms with Crippen LogP contribution in [0, 0.1) is 6.92 Å². The van der Waals surface area contributed by atoms with Crippen LogP contribution in [0.5, 0.6) is 5.75 Å². The second kappa shape index (κ2) is 10.8. The SMILES string of the molecule is COc1ccc(Cl)cc1N(C(=O)Cn1nnc2ccccc21)[C@H](C(=O)NCc1ccco1)c1ccc(C)o1. The summed E-state index contributed by atoms with van der Waals surface area (Å²) in [4.78, 5) is 29.2. The molecule has 0 fully saturated rings. The molecule has 0 saturated heterocycles. The van der Waals surface area contributed by atoms with Crippen LogP contribution >= 0.6 is 11.6 Å². The van der Waals surface area contributed by atoms with Crippen molar-refractivity contribution in [1.29, 1.82) is 0 Å². The number of aryl methyl sites for hydroxylation is 1. The molecule has 0 bridgehead atoms. The molecule has 10 nitrogen and oxygen atoms in total. The van der Waals surface area contributed by atoms with Gasteiger partial charge in [-0.2, -0.15) is 0 Å². The monoisotopic (exact) mass is 533 g/mol. The minimum absolute atomic E-state index is 0.116. The number of aromatic nitrogens is 3.